The summed E-state index contributed by atoms with van der Waals surface area (Å²) < 4.78 is 1.07. The van der Waals surface area contributed by atoms with Crippen molar-refractivity contribution in [1.29, 1.82) is 5.26 Å². The molecule has 1 atom stereocenters. The van der Waals surface area contributed by atoms with Gasteiger partial charge in [0.2, 0.25) is 0 Å². The average molecular weight is 302 g/mol. The fourth-order valence-electron chi connectivity index (χ4n) is 1.67. The number of rotatable bonds is 3. The van der Waals surface area contributed by atoms with Crippen molar-refractivity contribution >= 4 is 21.7 Å². The van der Waals surface area contributed by atoms with Crippen molar-refractivity contribution in [2.24, 2.45) is 0 Å². The summed E-state index contributed by atoms with van der Waals surface area (Å²) in [6.45, 7) is 2.07. The van der Waals surface area contributed by atoms with E-state index >= 15 is 0 Å². The third-order valence-electron chi connectivity index (χ3n) is 2.63. The molecule has 0 fully saturated rings. The maximum Gasteiger partial charge on any atom is 0.126 e. The first-order valence-electron chi connectivity index (χ1n) is 5.58. The van der Waals surface area contributed by atoms with Gasteiger partial charge in [0.1, 0.15) is 11.9 Å². The van der Waals surface area contributed by atoms with Gasteiger partial charge in [0.25, 0.3) is 0 Å². The van der Waals surface area contributed by atoms with Crippen molar-refractivity contribution in [2.45, 2.75) is 13.0 Å². The van der Waals surface area contributed by atoms with E-state index in [2.05, 4.69) is 45.3 Å². The smallest absolute Gasteiger partial charge is 0.126 e. The van der Waals surface area contributed by atoms with Gasteiger partial charge in [-0.1, -0.05) is 34.1 Å². The number of pyridine rings is 1. The topological polar surface area (TPSA) is 48.7 Å². The average Bonchev–Trinajstić information content (AvgIpc) is 2.40. The molecule has 0 saturated heterocycles. The molecule has 2 aromatic rings. The van der Waals surface area contributed by atoms with Gasteiger partial charge in [-0.2, -0.15) is 5.26 Å². The molecule has 0 amide bonds. The van der Waals surface area contributed by atoms with E-state index in [0.29, 0.717) is 5.56 Å². The number of aromatic nitrogens is 1. The highest BCUT2D eigenvalue weighted by Gasteiger charge is 2.08. The van der Waals surface area contributed by atoms with Crippen LogP contribution < -0.4 is 5.32 Å². The summed E-state index contributed by atoms with van der Waals surface area (Å²) in [5.74, 6) is 0.761. The summed E-state index contributed by atoms with van der Waals surface area (Å²) in [7, 11) is 0. The van der Waals surface area contributed by atoms with Crippen LogP contribution in [0.2, 0.25) is 0 Å². The van der Waals surface area contributed by atoms with Gasteiger partial charge in [-0.3, -0.25) is 0 Å². The molecule has 0 radical (unpaired) electrons. The number of hydrogen-bond acceptors (Lipinski definition) is 3. The normalized spacial score (nSPS) is 11.6. The lowest BCUT2D eigenvalue weighted by Gasteiger charge is -2.16. The first kappa shape index (κ1) is 12.6. The molecule has 18 heavy (non-hydrogen) atoms. The third-order valence-corrected chi connectivity index (χ3v) is 3.35. The molecule has 0 bridgehead atoms. The number of hydrogen-bond donors (Lipinski definition) is 1. The van der Waals surface area contributed by atoms with E-state index in [1.807, 2.05) is 24.3 Å². The van der Waals surface area contributed by atoms with Crippen LogP contribution in [0, 0.1) is 11.3 Å². The monoisotopic (exact) mass is 301 g/mol. The van der Waals surface area contributed by atoms with Crippen molar-refractivity contribution in [3.8, 4) is 6.07 Å². The number of nitriles is 1. The van der Waals surface area contributed by atoms with Crippen LogP contribution in [0.3, 0.4) is 0 Å². The van der Waals surface area contributed by atoms with E-state index < -0.39 is 0 Å². The van der Waals surface area contributed by atoms with E-state index in [-0.39, 0.29) is 6.04 Å². The molecule has 0 aliphatic rings. The highest BCUT2D eigenvalue weighted by atomic mass is 79.9. The second-order valence-corrected chi connectivity index (χ2v) is 4.79. The van der Waals surface area contributed by atoms with Gasteiger partial charge in [0.15, 0.2) is 0 Å². The Hall–Kier alpha value is -1.86. The Kier molecular flexibility index (Phi) is 3.96. The minimum absolute atomic E-state index is 0.140. The fraction of sp³-hybridized carbons (Fsp3) is 0.143. The summed E-state index contributed by atoms with van der Waals surface area (Å²) in [5, 5.41) is 12.0. The van der Waals surface area contributed by atoms with Gasteiger partial charge in [-0.15, -0.1) is 0 Å². The lowest BCUT2D eigenvalue weighted by Crippen LogP contribution is -2.08. The van der Waals surface area contributed by atoms with E-state index in [1.54, 1.807) is 12.3 Å². The van der Waals surface area contributed by atoms with Crippen LogP contribution in [0.4, 0.5) is 5.82 Å². The van der Waals surface area contributed by atoms with Gasteiger partial charge in [-0.05, 0) is 30.7 Å². The van der Waals surface area contributed by atoms with Gasteiger partial charge >= 0.3 is 0 Å². The zero-order chi connectivity index (χ0) is 13.0. The second kappa shape index (κ2) is 5.65. The summed E-state index contributed by atoms with van der Waals surface area (Å²) in [6.07, 6.45) is 1.56. The maximum absolute atomic E-state index is 8.71. The van der Waals surface area contributed by atoms with Crippen molar-refractivity contribution in [3.05, 3.63) is 58.2 Å². The molecule has 1 aromatic carbocycles. The third kappa shape index (κ3) is 2.88. The Labute approximate surface area is 115 Å². The molecule has 3 nitrogen and oxygen atoms in total. The number of nitrogens with zero attached hydrogens (tertiary/aromatic N) is 2. The van der Waals surface area contributed by atoms with Crippen molar-refractivity contribution in [1.82, 2.24) is 4.98 Å². The molecule has 4 heteroatoms. The molecule has 0 saturated carbocycles. The van der Waals surface area contributed by atoms with Gasteiger partial charge in [0, 0.05) is 10.7 Å². The predicted octanol–water partition coefficient (Wildman–Crippen LogP) is 3.89. The molecular formula is C14H12BrN3. The lowest BCUT2D eigenvalue weighted by atomic mass is 10.1. The molecule has 0 aliphatic carbocycles. The van der Waals surface area contributed by atoms with Crippen molar-refractivity contribution in [3.63, 3.8) is 0 Å². The Bertz CT molecular complexity index is 572. The zero-order valence-electron chi connectivity index (χ0n) is 9.89. The quantitative estimate of drug-likeness (QED) is 0.935. The van der Waals surface area contributed by atoms with Crippen LogP contribution >= 0.6 is 15.9 Å². The van der Waals surface area contributed by atoms with Crippen LogP contribution in [-0.2, 0) is 0 Å². The number of benzene rings is 1. The number of halogens is 1. The van der Waals surface area contributed by atoms with Gasteiger partial charge in [-0.25, -0.2) is 4.98 Å². The van der Waals surface area contributed by atoms with Crippen LogP contribution in [0.5, 0.6) is 0 Å². The maximum atomic E-state index is 8.71. The molecule has 0 aliphatic heterocycles. The van der Waals surface area contributed by atoms with Crippen LogP contribution in [0.15, 0.2) is 47.1 Å². The number of anilines is 1. The molecule has 1 heterocycles. The lowest BCUT2D eigenvalue weighted by molar-refractivity contribution is 0.869. The minimum atomic E-state index is 0.140. The van der Waals surface area contributed by atoms with E-state index in [1.165, 1.54) is 5.56 Å². The molecule has 1 N–H and O–H groups in total. The standard InChI is InChI=1S/C14H12BrN3/c1-10(12-4-2-3-5-13(12)15)18-14-7-6-11(8-16)9-17-14/h2-7,9-10H,1H3,(H,17,18). The van der Waals surface area contributed by atoms with E-state index in [9.17, 15) is 0 Å². The Balaban J connectivity index is 2.14. The highest BCUT2D eigenvalue weighted by Crippen LogP contribution is 2.25. The summed E-state index contributed by atoms with van der Waals surface area (Å²) >= 11 is 3.53. The molecule has 1 aromatic heterocycles. The zero-order valence-corrected chi connectivity index (χ0v) is 11.5. The largest absolute Gasteiger partial charge is 0.364 e. The summed E-state index contributed by atoms with van der Waals surface area (Å²) in [4.78, 5) is 4.20. The SMILES string of the molecule is CC(Nc1ccc(C#N)cn1)c1ccccc1Br. The number of nitrogens with one attached hydrogen (secondary N) is 1. The second-order valence-electron chi connectivity index (χ2n) is 3.93. The summed E-state index contributed by atoms with van der Waals surface area (Å²) in [5.41, 5.74) is 1.73. The van der Waals surface area contributed by atoms with Gasteiger partial charge < -0.3 is 5.32 Å². The minimum Gasteiger partial charge on any atom is -0.364 e. The van der Waals surface area contributed by atoms with Gasteiger partial charge in [0.05, 0.1) is 11.6 Å². The van der Waals surface area contributed by atoms with Crippen LogP contribution in [0.1, 0.15) is 24.1 Å². The van der Waals surface area contributed by atoms with Crippen molar-refractivity contribution < 1.29 is 0 Å². The van der Waals surface area contributed by atoms with E-state index in [0.717, 1.165) is 10.3 Å². The molecule has 1 unspecified atom stereocenters. The highest BCUT2D eigenvalue weighted by molar-refractivity contribution is 9.10. The molecule has 2 rings (SSSR count). The molecule has 90 valence electrons. The first-order chi connectivity index (χ1) is 8.70. The summed E-state index contributed by atoms with van der Waals surface area (Å²) in [6, 6.07) is 13.8. The van der Waals surface area contributed by atoms with Crippen LogP contribution in [-0.4, -0.2) is 4.98 Å². The van der Waals surface area contributed by atoms with E-state index in [4.69, 9.17) is 5.26 Å². The van der Waals surface area contributed by atoms with Crippen molar-refractivity contribution in [2.75, 3.05) is 5.32 Å². The predicted molar refractivity (Wildman–Crippen MR) is 75.1 cm³/mol. The first-order valence-corrected chi connectivity index (χ1v) is 6.37. The Morgan fingerprint density at radius 1 is 1.28 bits per heavy atom. The Morgan fingerprint density at radius 3 is 2.67 bits per heavy atom. The fourth-order valence-corrected chi connectivity index (χ4v) is 2.30. The van der Waals surface area contributed by atoms with Crippen LogP contribution in [0.25, 0.3) is 0 Å². The Morgan fingerprint density at radius 2 is 2.06 bits per heavy atom. The molecular weight excluding hydrogens is 290 g/mol. The molecule has 0 spiro atoms.